The van der Waals surface area contributed by atoms with E-state index in [1.54, 1.807) is 0 Å². The molecule has 5 atom stereocenters. The summed E-state index contributed by atoms with van der Waals surface area (Å²) in [5.74, 6) is 1.22. The lowest BCUT2D eigenvalue weighted by Gasteiger charge is -2.54. The number of carbonyl (C=O) groups excluding carboxylic acids is 1. The third-order valence-electron chi connectivity index (χ3n) is 7.01. The first-order chi connectivity index (χ1) is 14.6. The zero-order valence-electron chi connectivity index (χ0n) is 18.3. The maximum Gasteiger partial charge on any atom is 0.302 e. The fraction of sp³-hybridized carbons (Fsp3) is 0.520. The van der Waals surface area contributed by atoms with Crippen molar-refractivity contribution >= 4 is 5.97 Å². The van der Waals surface area contributed by atoms with Gasteiger partial charge in [-0.05, 0) is 36.7 Å². The molecule has 2 aliphatic rings. The van der Waals surface area contributed by atoms with E-state index in [-0.39, 0.29) is 12.0 Å². The van der Waals surface area contributed by atoms with Crippen LogP contribution in [0.15, 0.2) is 54.7 Å². The maximum absolute atomic E-state index is 11.5. The third-order valence-corrected chi connectivity index (χ3v) is 7.01. The van der Waals surface area contributed by atoms with Crippen molar-refractivity contribution in [3.05, 3.63) is 66.0 Å². The molecule has 0 bridgehead atoms. The van der Waals surface area contributed by atoms with Crippen LogP contribution in [-0.2, 0) is 16.1 Å². The molecule has 0 unspecified atom stereocenters. The number of benzene rings is 1. The highest BCUT2D eigenvalue weighted by Crippen LogP contribution is 2.57. The molecule has 2 heterocycles. The number of esters is 1. The van der Waals surface area contributed by atoms with Crippen molar-refractivity contribution < 1.29 is 9.53 Å². The first kappa shape index (κ1) is 21.0. The van der Waals surface area contributed by atoms with Crippen LogP contribution < -0.4 is 0 Å². The standard InChI is InChI=1S/C25H33N3O2/c1-4-27(5-2)24-21(17-30-18(3)29)20-16-28(15-19-11-7-6-8-12-19)25(23(20)24)22-13-9-10-14-26-22/h6-14,20-21,23-25H,4-5,15-17H2,1-3H3/t20-,21+,23-,24-,25-/m0/s1. The van der Waals surface area contributed by atoms with Gasteiger partial charge in [-0.25, -0.2) is 0 Å². The molecule has 0 amide bonds. The van der Waals surface area contributed by atoms with E-state index >= 15 is 0 Å². The Morgan fingerprint density at radius 1 is 1.13 bits per heavy atom. The number of ether oxygens (including phenoxy) is 1. The highest BCUT2D eigenvalue weighted by Gasteiger charge is 2.61. The fourth-order valence-corrected chi connectivity index (χ4v) is 5.75. The molecular formula is C25H33N3O2. The van der Waals surface area contributed by atoms with Gasteiger partial charge in [0.1, 0.15) is 0 Å². The van der Waals surface area contributed by atoms with Gasteiger partial charge in [0.2, 0.25) is 0 Å². The van der Waals surface area contributed by atoms with Crippen LogP contribution in [0.5, 0.6) is 0 Å². The topological polar surface area (TPSA) is 45.7 Å². The molecule has 160 valence electrons. The lowest BCUT2D eigenvalue weighted by atomic mass is 9.59. The molecule has 1 aliphatic heterocycles. The molecule has 4 rings (SSSR count). The Kier molecular flexibility index (Phi) is 6.49. The van der Waals surface area contributed by atoms with E-state index in [4.69, 9.17) is 9.72 Å². The van der Waals surface area contributed by atoms with Crippen molar-refractivity contribution in [1.82, 2.24) is 14.8 Å². The van der Waals surface area contributed by atoms with Crippen LogP contribution >= 0.6 is 0 Å². The molecule has 0 radical (unpaired) electrons. The molecule has 1 aromatic carbocycles. The first-order valence-electron chi connectivity index (χ1n) is 11.2. The summed E-state index contributed by atoms with van der Waals surface area (Å²) >= 11 is 0. The van der Waals surface area contributed by atoms with E-state index in [9.17, 15) is 4.79 Å². The first-order valence-corrected chi connectivity index (χ1v) is 11.2. The molecule has 1 aliphatic carbocycles. The van der Waals surface area contributed by atoms with Crippen LogP contribution in [0.3, 0.4) is 0 Å². The summed E-state index contributed by atoms with van der Waals surface area (Å²) in [6, 6.07) is 17.6. The SMILES string of the molecule is CCN(CC)[C@H]1[C@H](COC(C)=O)[C@@H]2CN(Cc3ccccc3)[C@@H](c3ccccn3)[C@@H]21. The molecule has 5 heteroatoms. The molecule has 1 saturated carbocycles. The summed E-state index contributed by atoms with van der Waals surface area (Å²) in [5.41, 5.74) is 2.49. The number of rotatable bonds is 8. The largest absolute Gasteiger partial charge is 0.466 e. The summed E-state index contributed by atoms with van der Waals surface area (Å²) in [4.78, 5) is 21.4. The minimum Gasteiger partial charge on any atom is -0.466 e. The quantitative estimate of drug-likeness (QED) is 0.623. The van der Waals surface area contributed by atoms with Gasteiger partial charge < -0.3 is 9.64 Å². The van der Waals surface area contributed by atoms with Crippen molar-refractivity contribution in [3.63, 3.8) is 0 Å². The van der Waals surface area contributed by atoms with Gasteiger partial charge in [-0.1, -0.05) is 50.2 Å². The van der Waals surface area contributed by atoms with E-state index < -0.39 is 0 Å². The highest BCUT2D eigenvalue weighted by molar-refractivity contribution is 5.65. The second-order valence-electron chi connectivity index (χ2n) is 8.53. The molecule has 2 aromatic rings. The van der Waals surface area contributed by atoms with Gasteiger partial charge in [0, 0.05) is 44.1 Å². The van der Waals surface area contributed by atoms with Gasteiger partial charge in [0.05, 0.1) is 18.3 Å². The average Bonchev–Trinajstić information content (AvgIpc) is 3.07. The van der Waals surface area contributed by atoms with E-state index in [1.807, 2.05) is 12.3 Å². The molecule has 30 heavy (non-hydrogen) atoms. The Labute approximate surface area is 180 Å². The predicted octanol–water partition coefficient (Wildman–Crippen LogP) is 3.77. The second kappa shape index (κ2) is 9.27. The third kappa shape index (κ3) is 4.01. The van der Waals surface area contributed by atoms with Crippen molar-refractivity contribution in [2.75, 3.05) is 26.2 Å². The van der Waals surface area contributed by atoms with Crippen LogP contribution in [-0.4, -0.2) is 53.0 Å². The number of aromatic nitrogens is 1. The van der Waals surface area contributed by atoms with Gasteiger partial charge in [0.25, 0.3) is 0 Å². The molecule has 1 saturated heterocycles. The van der Waals surface area contributed by atoms with Gasteiger partial charge >= 0.3 is 5.97 Å². The lowest BCUT2D eigenvalue weighted by molar-refractivity contribution is -0.149. The summed E-state index contributed by atoms with van der Waals surface area (Å²) in [7, 11) is 0. The van der Waals surface area contributed by atoms with Crippen LogP contribution in [0.2, 0.25) is 0 Å². The number of hydrogen-bond acceptors (Lipinski definition) is 5. The highest BCUT2D eigenvalue weighted by atomic mass is 16.5. The zero-order valence-corrected chi connectivity index (χ0v) is 18.3. The summed E-state index contributed by atoms with van der Waals surface area (Å²) in [6.07, 6.45) is 1.91. The van der Waals surface area contributed by atoms with Gasteiger partial charge in [-0.15, -0.1) is 0 Å². The summed E-state index contributed by atoms with van der Waals surface area (Å²) in [5, 5.41) is 0. The number of likely N-dealkylation sites (tertiary alicyclic amines) is 1. The summed E-state index contributed by atoms with van der Waals surface area (Å²) < 4.78 is 5.52. The second-order valence-corrected chi connectivity index (χ2v) is 8.53. The van der Waals surface area contributed by atoms with E-state index in [0.29, 0.717) is 30.4 Å². The average molecular weight is 408 g/mol. The number of nitrogens with zero attached hydrogens (tertiary/aromatic N) is 3. The van der Waals surface area contributed by atoms with Gasteiger partial charge in [0.15, 0.2) is 0 Å². The van der Waals surface area contributed by atoms with Crippen molar-refractivity contribution in [1.29, 1.82) is 0 Å². The molecule has 0 N–H and O–H groups in total. The zero-order chi connectivity index (χ0) is 21.1. The van der Waals surface area contributed by atoms with Crippen molar-refractivity contribution in [2.45, 2.75) is 39.4 Å². The Balaban J connectivity index is 1.65. The maximum atomic E-state index is 11.5. The Bertz CT molecular complexity index is 825. The van der Waals surface area contributed by atoms with Crippen molar-refractivity contribution in [2.24, 2.45) is 17.8 Å². The van der Waals surface area contributed by atoms with E-state index in [2.05, 4.69) is 66.1 Å². The molecule has 5 nitrogen and oxygen atoms in total. The fourth-order valence-electron chi connectivity index (χ4n) is 5.75. The van der Waals surface area contributed by atoms with E-state index in [0.717, 1.165) is 31.9 Å². The normalized spacial score (nSPS) is 28.2. The minimum atomic E-state index is -0.183. The number of pyridine rings is 1. The minimum absolute atomic E-state index is 0.183. The van der Waals surface area contributed by atoms with Crippen LogP contribution in [0.1, 0.15) is 38.1 Å². The lowest BCUT2D eigenvalue weighted by Crippen LogP contribution is -2.61. The molecular weight excluding hydrogens is 374 g/mol. The molecule has 2 fully saturated rings. The Morgan fingerprint density at radius 3 is 2.50 bits per heavy atom. The summed E-state index contributed by atoms with van der Waals surface area (Å²) in [6.45, 7) is 10.4. The van der Waals surface area contributed by atoms with Gasteiger partial charge in [-0.3, -0.25) is 14.7 Å². The van der Waals surface area contributed by atoms with Crippen molar-refractivity contribution in [3.8, 4) is 0 Å². The van der Waals surface area contributed by atoms with E-state index in [1.165, 1.54) is 12.5 Å². The number of fused-ring (bicyclic) bond motifs is 1. The van der Waals surface area contributed by atoms with Crippen LogP contribution in [0.25, 0.3) is 0 Å². The Hall–Kier alpha value is -2.24. The number of hydrogen-bond donors (Lipinski definition) is 0. The number of carbonyl (C=O) groups is 1. The molecule has 0 spiro atoms. The molecule has 1 aromatic heterocycles. The van der Waals surface area contributed by atoms with Gasteiger partial charge in [-0.2, -0.15) is 0 Å². The van der Waals surface area contributed by atoms with Crippen LogP contribution in [0.4, 0.5) is 0 Å². The van der Waals surface area contributed by atoms with Crippen LogP contribution in [0, 0.1) is 17.8 Å². The Morgan fingerprint density at radius 2 is 1.87 bits per heavy atom. The monoisotopic (exact) mass is 407 g/mol. The smallest absolute Gasteiger partial charge is 0.302 e. The predicted molar refractivity (Wildman–Crippen MR) is 118 cm³/mol.